The van der Waals surface area contributed by atoms with E-state index >= 15 is 0 Å². The number of aliphatic hydroxyl groups is 1. The Morgan fingerprint density at radius 3 is 1.52 bits per heavy atom. The third kappa shape index (κ3) is 2.88. The van der Waals surface area contributed by atoms with E-state index in [9.17, 15) is 5.11 Å². The number of aromatic nitrogens is 2. The number of rotatable bonds is 5. The lowest BCUT2D eigenvalue weighted by Crippen LogP contribution is -2.38. The molecule has 0 amide bonds. The highest BCUT2D eigenvalue weighted by Crippen LogP contribution is 2.42. The Bertz CT molecular complexity index is 902. The maximum absolute atomic E-state index is 10.4. The average molecular weight is 352 g/mol. The zero-order valence-electron chi connectivity index (χ0n) is 15.2. The minimum Gasteiger partial charge on any atom is -0.396 e. The molecule has 4 rings (SSSR count). The van der Waals surface area contributed by atoms with E-state index in [0.717, 1.165) is 22.4 Å². The molecule has 1 unspecified atom stereocenters. The first-order valence-electron chi connectivity index (χ1n) is 9.12. The highest BCUT2D eigenvalue weighted by molar-refractivity contribution is 6.10. The smallest absolute Gasteiger partial charge is 0.146 e. The largest absolute Gasteiger partial charge is 0.396 e. The van der Waals surface area contributed by atoms with Gasteiger partial charge in [-0.05, 0) is 16.7 Å². The number of aliphatic hydroxyl groups excluding tert-OH is 1. The van der Waals surface area contributed by atoms with Gasteiger partial charge in [-0.25, -0.2) is 4.98 Å². The zero-order valence-corrected chi connectivity index (χ0v) is 15.2. The third-order valence-electron chi connectivity index (χ3n) is 5.03. The summed E-state index contributed by atoms with van der Waals surface area (Å²) in [4.78, 5) is 4.39. The van der Waals surface area contributed by atoms with Gasteiger partial charge < -0.3 is 9.67 Å². The van der Waals surface area contributed by atoms with Gasteiger partial charge in [-0.1, -0.05) is 91.0 Å². The normalized spacial score (nSPS) is 12.6. The zero-order chi connectivity index (χ0) is 18.7. The molecule has 0 radical (unpaired) electrons. The molecule has 4 aromatic rings. The first kappa shape index (κ1) is 17.3. The van der Waals surface area contributed by atoms with Gasteiger partial charge in [0.2, 0.25) is 0 Å². The van der Waals surface area contributed by atoms with Crippen molar-refractivity contribution in [2.24, 2.45) is 0 Å². The molecule has 0 spiro atoms. The van der Waals surface area contributed by atoms with Crippen LogP contribution in [0.2, 0.25) is 0 Å². The molecule has 3 aromatic carbocycles. The standard InChI is InChI=1S/C23H21BN2O/c24-22(27)21-16-25-17-26(21)23(18-10-4-1-5-11-18,19-12-6-2-7-13-19)20-14-8-3-9-15-20/h1-17,22,27H,24H2. The second-order valence-corrected chi connectivity index (χ2v) is 6.67. The summed E-state index contributed by atoms with van der Waals surface area (Å²) >= 11 is 0. The number of imidazole rings is 1. The summed E-state index contributed by atoms with van der Waals surface area (Å²) < 4.78 is 2.09. The molecular weight excluding hydrogens is 331 g/mol. The maximum atomic E-state index is 10.4. The van der Waals surface area contributed by atoms with Crippen LogP contribution in [0.3, 0.4) is 0 Å². The van der Waals surface area contributed by atoms with Gasteiger partial charge in [0.05, 0.1) is 24.2 Å². The second-order valence-electron chi connectivity index (χ2n) is 6.67. The van der Waals surface area contributed by atoms with E-state index in [0.29, 0.717) is 0 Å². The number of benzene rings is 3. The monoisotopic (exact) mass is 352 g/mol. The molecule has 1 heterocycles. The fourth-order valence-electron chi connectivity index (χ4n) is 3.85. The van der Waals surface area contributed by atoms with Gasteiger partial charge in [0.1, 0.15) is 13.4 Å². The minimum atomic E-state index is -0.636. The Hall–Kier alpha value is -3.11. The SMILES string of the molecule is BC(O)c1cncn1C(c1ccccc1)(c1ccccc1)c1ccccc1. The highest BCUT2D eigenvalue weighted by atomic mass is 16.3. The van der Waals surface area contributed by atoms with Crippen molar-refractivity contribution < 1.29 is 5.11 Å². The van der Waals surface area contributed by atoms with Gasteiger partial charge in [0.15, 0.2) is 0 Å². The van der Waals surface area contributed by atoms with Crippen LogP contribution >= 0.6 is 0 Å². The first-order chi connectivity index (χ1) is 13.2. The summed E-state index contributed by atoms with van der Waals surface area (Å²) in [7, 11) is 1.78. The third-order valence-corrected chi connectivity index (χ3v) is 5.03. The number of hydrogen-bond donors (Lipinski definition) is 1. The Balaban J connectivity index is 2.15. The van der Waals surface area contributed by atoms with Crippen molar-refractivity contribution >= 4 is 7.85 Å². The fraction of sp³-hybridized carbons (Fsp3) is 0.0870. The quantitative estimate of drug-likeness (QED) is 0.442. The predicted molar refractivity (Wildman–Crippen MR) is 110 cm³/mol. The van der Waals surface area contributed by atoms with Crippen LogP contribution in [0.15, 0.2) is 104 Å². The fourth-order valence-corrected chi connectivity index (χ4v) is 3.85. The molecule has 0 saturated heterocycles. The average Bonchev–Trinajstić information content (AvgIpc) is 3.22. The predicted octanol–water partition coefficient (Wildman–Crippen LogP) is 3.35. The Morgan fingerprint density at radius 2 is 1.15 bits per heavy atom. The summed E-state index contributed by atoms with van der Waals surface area (Å²) in [5.41, 5.74) is 3.48. The molecule has 1 N–H and O–H groups in total. The van der Waals surface area contributed by atoms with Crippen molar-refractivity contribution in [1.29, 1.82) is 0 Å². The number of nitrogens with zero attached hydrogens (tertiary/aromatic N) is 2. The van der Waals surface area contributed by atoms with Crippen molar-refractivity contribution in [1.82, 2.24) is 9.55 Å². The summed E-state index contributed by atoms with van der Waals surface area (Å²) in [6, 6.07) is 30.5. The Labute approximate surface area is 160 Å². The van der Waals surface area contributed by atoms with Gasteiger partial charge in [0.25, 0.3) is 0 Å². The molecule has 1 aromatic heterocycles. The van der Waals surface area contributed by atoms with Crippen molar-refractivity contribution in [2.75, 3.05) is 0 Å². The topological polar surface area (TPSA) is 38.1 Å². The van der Waals surface area contributed by atoms with Crippen LogP contribution in [0.5, 0.6) is 0 Å². The molecule has 3 nitrogen and oxygen atoms in total. The Kier molecular flexibility index (Phi) is 4.65. The molecule has 0 aliphatic carbocycles. The molecule has 0 saturated carbocycles. The van der Waals surface area contributed by atoms with Crippen LogP contribution in [0.4, 0.5) is 0 Å². The second kappa shape index (κ2) is 7.26. The lowest BCUT2D eigenvalue weighted by molar-refractivity contribution is 0.246. The van der Waals surface area contributed by atoms with Crippen molar-refractivity contribution in [3.63, 3.8) is 0 Å². The van der Waals surface area contributed by atoms with Gasteiger partial charge in [0, 0.05) is 0 Å². The molecule has 0 bridgehead atoms. The van der Waals surface area contributed by atoms with E-state index in [2.05, 4.69) is 82.3 Å². The minimum absolute atomic E-state index is 0.632. The highest BCUT2D eigenvalue weighted by Gasteiger charge is 2.39. The Morgan fingerprint density at radius 1 is 0.741 bits per heavy atom. The van der Waals surface area contributed by atoms with Gasteiger partial charge in [-0.2, -0.15) is 0 Å². The molecule has 0 aliphatic heterocycles. The molecule has 27 heavy (non-hydrogen) atoms. The maximum Gasteiger partial charge on any atom is 0.146 e. The van der Waals surface area contributed by atoms with Crippen LogP contribution in [0, 0.1) is 0 Å². The van der Waals surface area contributed by atoms with Crippen molar-refractivity contribution in [3.05, 3.63) is 126 Å². The van der Waals surface area contributed by atoms with Crippen LogP contribution in [-0.4, -0.2) is 22.5 Å². The lowest BCUT2D eigenvalue weighted by Gasteiger charge is -2.39. The summed E-state index contributed by atoms with van der Waals surface area (Å²) in [5.74, 6) is 0. The van der Waals surface area contributed by atoms with E-state index < -0.39 is 11.5 Å². The van der Waals surface area contributed by atoms with Crippen LogP contribution in [0.25, 0.3) is 0 Å². The van der Waals surface area contributed by atoms with Crippen LogP contribution in [-0.2, 0) is 5.54 Å². The lowest BCUT2D eigenvalue weighted by atomic mass is 9.76. The van der Waals surface area contributed by atoms with E-state index in [4.69, 9.17) is 0 Å². The van der Waals surface area contributed by atoms with E-state index in [-0.39, 0.29) is 0 Å². The van der Waals surface area contributed by atoms with E-state index in [1.54, 1.807) is 14.0 Å². The van der Waals surface area contributed by atoms with Gasteiger partial charge >= 0.3 is 0 Å². The molecule has 132 valence electrons. The first-order valence-corrected chi connectivity index (χ1v) is 9.12. The molecular formula is C23H21BN2O. The van der Waals surface area contributed by atoms with Crippen LogP contribution in [0.1, 0.15) is 28.4 Å². The van der Waals surface area contributed by atoms with Gasteiger partial charge in [-0.15, -0.1) is 0 Å². The summed E-state index contributed by atoms with van der Waals surface area (Å²) in [6.07, 6.45) is 3.56. The van der Waals surface area contributed by atoms with Crippen molar-refractivity contribution in [2.45, 2.75) is 11.5 Å². The molecule has 0 fully saturated rings. The molecule has 4 heteroatoms. The van der Waals surface area contributed by atoms with Crippen LogP contribution < -0.4 is 0 Å². The molecule has 0 aliphatic rings. The van der Waals surface area contributed by atoms with Gasteiger partial charge in [-0.3, -0.25) is 0 Å². The molecule has 1 atom stereocenters. The summed E-state index contributed by atoms with van der Waals surface area (Å²) in [6.45, 7) is 0. The van der Waals surface area contributed by atoms with E-state index in [1.165, 1.54) is 0 Å². The van der Waals surface area contributed by atoms with E-state index in [1.807, 2.05) is 24.5 Å². The van der Waals surface area contributed by atoms with Crippen molar-refractivity contribution in [3.8, 4) is 0 Å². The number of hydrogen-bond acceptors (Lipinski definition) is 2. The summed E-state index contributed by atoms with van der Waals surface area (Å²) in [5, 5.41) is 10.4.